The predicted molar refractivity (Wildman–Crippen MR) is 49.5 cm³/mol. The van der Waals surface area contributed by atoms with Crippen LogP contribution < -0.4 is 24.8 Å². The van der Waals surface area contributed by atoms with Crippen molar-refractivity contribution in [2.24, 2.45) is 17.8 Å². The van der Waals surface area contributed by atoms with E-state index in [1.165, 1.54) is 25.7 Å². The van der Waals surface area contributed by atoms with Crippen molar-refractivity contribution in [3.63, 3.8) is 0 Å². The summed E-state index contributed by atoms with van der Waals surface area (Å²) in [6.07, 6.45) is 10.7. The molecule has 0 amide bonds. The molecule has 0 heterocycles. The van der Waals surface area contributed by atoms with Gasteiger partial charge in [-0.1, -0.05) is 31.9 Å². The third-order valence-corrected chi connectivity index (χ3v) is 3.08. The topological polar surface area (TPSA) is 0 Å². The Bertz CT molecular complexity index is 159. The number of rotatable bonds is 2. The van der Waals surface area contributed by atoms with Crippen LogP contribution in [-0.4, -0.2) is 23.1 Å². The largest absolute Gasteiger partial charge is 2.00 e. The van der Waals surface area contributed by atoms with Crippen LogP contribution in [0.3, 0.4) is 0 Å². The Morgan fingerprint density at radius 2 is 1.85 bits per heavy atom. The maximum absolute atomic E-state index is 2.45. The maximum Gasteiger partial charge on any atom is 2.00 e. The van der Waals surface area contributed by atoms with Gasteiger partial charge < -0.3 is 24.8 Å². The zero-order valence-corrected chi connectivity index (χ0v) is 11.1. The second kappa shape index (κ2) is 7.39. The Morgan fingerprint density at radius 1 is 1.15 bits per heavy atom. The molecule has 0 N–H and O–H groups in total. The van der Waals surface area contributed by atoms with Crippen LogP contribution in [0.15, 0.2) is 12.2 Å². The van der Waals surface area contributed by atoms with Crippen LogP contribution in [0.4, 0.5) is 0 Å². The second-order valence-electron chi connectivity index (χ2n) is 3.83. The van der Waals surface area contributed by atoms with E-state index in [0.29, 0.717) is 0 Å². The Labute approximate surface area is 110 Å². The molecule has 0 nitrogen and oxygen atoms in total. The summed E-state index contributed by atoms with van der Waals surface area (Å²) in [4.78, 5) is 0. The molecular weight excluding hydrogens is 215 g/mol. The third-order valence-electron chi connectivity index (χ3n) is 3.08. The molecule has 0 spiro atoms. The summed E-state index contributed by atoms with van der Waals surface area (Å²) in [7, 11) is 0. The number of fused-ring (bicyclic) bond motifs is 2. The summed E-state index contributed by atoms with van der Waals surface area (Å²) >= 11 is 0. The molecule has 0 radical (unpaired) electrons. The third kappa shape index (κ3) is 3.62. The summed E-state index contributed by atoms with van der Waals surface area (Å²) in [5, 5.41) is 0. The maximum atomic E-state index is 2.45. The summed E-state index contributed by atoms with van der Waals surface area (Å²) < 4.78 is 0. The summed E-state index contributed by atoms with van der Waals surface area (Å²) in [6, 6.07) is 0. The fraction of sp³-hybridized carbons (Fsp3) is 0.800. The summed E-state index contributed by atoms with van der Waals surface area (Å²) in [5.74, 6) is 3.01. The standard InChI is InChI=1S/C10H16.2ClH.Mg/c1-2-3-9-6-8-4-5-10(9)7-8;;;/h4-5,8-10H,2-3,6-7H2,1H3;2*1H;/q;;;+2/p-2. The van der Waals surface area contributed by atoms with Crippen LogP contribution in [0, 0.1) is 17.8 Å². The molecule has 0 aromatic rings. The van der Waals surface area contributed by atoms with Gasteiger partial charge in [0.15, 0.2) is 0 Å². The fourth-order valence-electron chi connectivity index (χ4n) is 2.60. The zero-order chi connectivity index (χ0) is 6.97. The molecule has 3 unspecified atom stereocenters. The first-order valence-corrected chi connectivity index (χ1v) is 4.58. The van der Waals surface area contributed by atoms with Crippen LogP contribution in [0.1, 0.15) is 32.6 Å². The quantitative estimate of drug-likeness (QED) is 0.344. The molecule has 3 atom stereocenters. The number of hydrogen-bond acceptors (Lipinski definition) is 0. The van der Waals surface area contributed by atoms with Gasteiger partial charge in [-0.25, -0.2) is 0 Å². The van der Waals surface area contributed by atoms with E-state index in [2.05, 4.69) is 19.1 Å². The van der Waals surface area contributed by atoms with Crippen molar-refractivity contribution in [2.75, 3.05) is 0 Å². The van der Waals surface area contributed by atoms with E-state index in [9.17, 15) is 0 Å². The van der Waals surface area contributed by atoms with Crippen LogP contribution in [0.25, 0.3) is 0 Å². The average Bonchev–Trinajstić information content (AvgIpc) is 2.48. The smallest absolute Gasteiger partial charge is 1.00 e. The van der Waals surface area contributed by atoms with Crippen LogP contribution in [0.5, 0.6) is 0 Å². The van der Waals surface area contributed by atoms with Crippen LogP contribution >= 0.6 is 0 Å². The number of halogens is 2. The van der Waals surface area contributed by atoms with E-state index in [4.69, 9.17) is 0 Å². The van der Waals surface area contributed by atoms with Gasteiger partial charge in [-0.15, -0.1) is 0 Å². The summed E-state index contributed by atoms with van der Waals surface area (Å²) in [5.41, 5.74) is 0. The van der Waals surface area contributed by atoms with Crippen molar-refractivity contribution in [1.82, 2.24) is 0 Å². The van der Waals surface area contributed by atoms with Gasteiger partial charge in [0.25, 0.3) is 0 Å². The molecule has 1 saturated carbocycles. The predicted octanol–water partition coefficient (Wildman–Crippen LogP) is -3.37. The molecule has 2 aliphatic rings. The van der Waals surface area contributed by atoms with Gasteiger partial charge in [0, 0.05) is 0 Å². The first kappa shape index (κ1) is 16.5. The minimum absolute atomic E-state index is 0. The van der Waals surface area contributed by atoms with E-state index in [1.54, 1.807) is 0 Å². The van der Waals surface area contributed by atoms with Crippen LogP contribution in [0.2, 0.25) is 0 Å². The van der Waals surface area contributed by atoms with E-state index in [0.717, 1.165) is 17.8 Å². The molecule has 72 valence electrons. The van der Waals surface area contributed by atoms with Crippen LogP contribution in [-0.2, 0) is 0 Å². The van der Waals surface area contributed by atoms with Gasteiger partial charge in [-0.2, -0.15) is 0 Å². The van der Waals surface area contributed by atoms with Gasteiger partial charge in [-0.05, 0) is 30.6 Å². The monoisotopic (exact) mass is 230 g/mol. The first-order chi connectivity index (χ1) is 4.90. The van der Waals surface area contributed by atoms with E-state index in [-0.39, 0.29) is 47.9 Å². The van der Waals surface area contributed by atoms with Crippen molar-refractivity contribution in [3.8, 4) is 0 Å². The molecule has 2 aliphatic carbocycles. The van der Waals surface area contributed by atoms with Gasteiger partial charge >= 0.3 is 23.1 Å². The molecule has 0 aliphatic heterocycles. The minimum atomic E-state index is 0. The Kier molecular flexibility index (Phi) is 9.38. The van der Waals surface area contributed by atoms with Crippen molar-refractivity contribution in [3.05, 3.63) is 12.2 Å². The van der Waals surface area contributed by atoms with Crippen molar-refractivity contribution in [1.29, 1.82) is 0 Å². The molecular formula is C10H16Cl2Mg. The molecule has 2 bridgehead atoms. The van der Waals surface area contributed by atoms with E-state index in [1.807, 2.05) is 0 Å². The van der Waals surface area contributed by atoms with Gasteiger partial charge in [0.2, 0.25) is 0 Å². The molecule has 13 heavy (non-hydrogen) atoms. The SMILES string of the molecule is CCCC1CC2C=CC1C2.[Cl-].[Cl-].[Mg+2]. The van der Waals surface area contributed by atoms with Crippen molar-refractivity contribution in [2.45, 2.75) is 32.6 Å². The molecule has 0 saturated heterocycles. The van der Waals surface area contributed by atoms with Crippen molar-refractivity contribution < 1.29 is 24.8 Å². The van der Waals surface area contributed by atoms with Gasteiger partial charge in [0.05, 0.1) is 0 Å². The second-order valence-corrected chi connectivity index (χ2v) is 3.83. The molecule has 0 aromatic carbocycles. The normalized spacial score (nSPS) is 33.2. The first-order valence-electron chi connectivity index (χ1n) is 4.58. The Balaban J connectivity index is 0. The number of allylic oxidation sites excluding steroid dienone is 2. The van der Waals surface area contributed by atoms with Gasteiger partial charge in [0.1, 0.15) is 0 Å². The molecule has 0 aromatic heterocycles. The number of hydrogen-bond donors (Lipinski definition) is 0. The van der Waals surface area contributed by atoms with Gasteiger partial charge in [-0.3, -0.25) is 0 Å². The van der Waals surface area contributed by atoms with E-state index >= 15 is 0 Å². The molecule has 3 heteroatoms. The molecule has 1 fully saturated rings. The fourth-order valence-corrected chi connectivity index (χ4v) is 2.60. The Morgan fingerprint density at radius 3 is 2.23 bits per heavy atom. The summed E-state index contributed by atoms with van der Waals surface area (Å²) in [6.45, 7) is 2.30. The van der Waals surface area contributed by atoms with E-state index < -0.39 is 0 Å². The zero-order valence-electron chi connectivity index (χ0n) is 8.18. The van der Waals surface area contributed by atoms with Crippen molar-refractivity contribution >= 4 is 23.1 Å². The minimum Gasteiger partial charge on any atom is -1.00 e. The molecule has 2 rings (SSSR count). The average molecular weight is 231 g/mol. The Hall–Kier alpha value is 1.09.